The van der Waals surface area contributed by atoms with Gasteiger partial charge in [0.1, 0.15) is 0 Å². The van der Waals surface area contributed by atoms with E-state index < -0.39 is 10.1 Å². The molecule has 1 rings (SSSR count). The molecule has 23 heavy (non-hydrogen) atoms. The Morgan fingerprint density at radius 2 is 1.22 bits per heavy atom. The first-order chi connectivity index (χ1) is 10.8. The molecule has 1 heterocycles. The molecular weight excluding hydrogens is 310 g/mol. The Morgan fingerprint density at radius 1 is 0.826 bits per heavy atom. The molecule has 0 bridgehead atoms. The van der Waals surface area contributed by atoms with Crippen LogP contribution in [0.2, 0.25) is 0 Å². The van der Waals surface area contributed by atoms with Crippen LogP contribution in [0.1, 0.15) is 84.5 Å². The van der Waals surface area contributed by atoms with E-state index in [1.165, 1.54) is 101 Å². The van der Waals surface area contributed by atoms with Crippen molar-refractivity contribution < 1.29 is 17.5 Å². The fraction of sp³-hybridized carbons (Fsp3) is 1.00. The maximum Gasteiger partial charge on any atom is 0.0916 e. The van der Waals surface area contributed by atoms with Gasteiger partial charge in [-0.1, -0.05) is 51.9 Å². The Labute approximate surface area is 145 Å². The zero-order valence-corrected chi connectivity index (χ0v) is 16.5. The molecule has 1 saturated heterocycles. The van der Waals surface area contributed by atoms with Gasteiger partial charge in [0.05, 0.1) is 36.3 Å². The molecule has 0 aliphatic carbocycles. The van der Waals surface area contributed by atoms with Crippen molar-refractivity contribution in [2.45, 2.75) is 84.5 Å². The molecule has 0 amide bonds. The van der Waals surface area contributed by atoms with Crippen molar-refractivity contribution in [1.82, 2.24) is 0 Å². The van der Waals surface area contributed by atoms with Crippen LogP contribution in [-0.4, -0.2) is 49.9 Å². The van der Waals surface area contributed by atoms with Gasteiger partial charge in [-0.25, -0.2) is 8.42 Å². The summed E-state index contributed by atoms with van der Waals surface area (Å²) in [6.45, 7) is 10.5. The van der Waals surface area contributed by atoms with Gasteiger partial charge in [-0.15, -0.1) is 0 Å². The van der Waals surface area contributed by atoms with E-state index >= 15 is 0 Å². The van der Waals surface area contributed by atoms with E-state index in [2.05, 4.69) is 13.8 Å². The van der Waals surface area contributed by atoms with Crippen LogP contribution in [0.3, 0.4) is 0 Å². The van der Waals surface area contributed by atoms with Crippen LogP contribution < -0.4 is 0 Å². The second kappa shape index (κ2) is 13.2. The van der Waals surface area contributed by atoms with E-state index in [0.29, 0.717) is 6.26 Å². The molecule has 1 aliphatic rings. The zero-order valence-electron chi connectivity index (χ0n) is 15.7. The van der Waals surface area contributed by atoms with Crippen LogP contribution in [0.25, 0.3) is 0 Å². The summed E-state index contributed by atoms with van der Waals surface area (Å²) in [7, 11) is -3.92. The van der Waals surface area contributed by atoms with E-state index in [0.717, 1.165) is 0 Å². The predicted molar refractivity (Wildman–Crippen MR) is 97.5 cm³/mol. The van der Waals surface area contributed by atoms with Gasteiger partial charge in [-0.3, -0.25) is 0 Å². The molecule has 0 unspecified atom stereocenters. The lowest BCUT2D eigenvalue weighted by Gasteiger charge is -2.33. The molecule has 0 radical (unpaired) electrons. The van der Waals surface area contributed by atoms with Gasteiger partial charge in [-0.05, 0) is 19.8 Å². The summed E-state index contributed by atoms with van der Waals surface area (Å²) >= 11 is 0. The third-order valence-corrected chi connectivity index (χ3v) is 4.92. The molecule has 0 spiro atoms. The fourth-order valence-electron chi connectivity index (χ4n) is 3.46. The summed E-state index contributed by atoms with van der Waals surface area (Å²) in [4.78, 5) is 0. The van der Waals surface area contributed by atoms with Crippen molar-refractivity contribution in [3.63, 3.8) is 0 Å². The summed E-state index contributed by atoms with van der Waals surface area (Å²) in [5.41, 5.74) is 0. The number of quaternary nitrogens is 1. The molecule has 0 N–H and O–H groups in total. The topological polar surface area (TPSA) is 57.2 Å². The molecule has 4 nitrogen and oxygen atoms in total. The lowest BCUT2D eigenvalue weighted by molar-refractivity contribution is -0.915. The molecule has 140 valence electrons. The Hall–Kier alpha value is -0.130. The van der Waals surface area contributed by atoms with Crippen molar-refractivity contribution >= 4 is 10.1 Å². The fourth-order valence-corrected chi connectivity index (χ4v) is 3.46. The maximum absolute atomic E-state index is 9.08. The quantitative estimate of drug-likeness (QED) is 0.317. The third-order valence-electron chi connectivity index (χ3n) is 4.92. The molecule has 0 aromatic heterocycles. The largest absolute Gasteiger partial charge is 0.748 e. The minimum atomic E-state index is -3.92. The van der Waals surface area contributed by atoms with E-state index in [9.17, 15) is 0 Å². The molecule has 0 aromatic carbocycles. The lowest BCUT2D eigenvalue weighted by atomic mass is 10.1. The van der Waals surface area contributed by atoms with E-state index in [1.807, 2.05) is 0 Å². The summed E-state index contributed by atoms with van der Waals surface area (Å²) in [6.07, 6.45) is 16.7. The van der Waals surface area contributed by atoms with Crippen LogP contribution >= 0.6 is 0 Å². The Kier molecular flexibility index (Phi) is 13.1. The monoisotopic (exact) mass is 349 g/mol. The SMILES string of the molecule is CCCCCCCCCCC[N+]1(CC)CCCC1.CS(=O)(=O)[O-]. The summed E-state index contributed by atoms with van der Waals surface area (Å²) in [5.74, 6) is 0. The highest BCUT2D eigenvalue weighted by Gasteiger charge is 2.28. The zero-order chi connectivity index (χ0) is 17.6. The first-order valence-corrected chi connectivity index (χ1v) is 11.4. The van der Waals surface area contributed by atoms with Gasteiger partial charge in [0.25, 0.3) is 0 Å². The van der Waals surface area contributed by atoms with Crippen LogP contribution in [0.15, 0.2) is 0 Å². The first-order valence-electron chi connectivity index (χ1n) is 9.59. The molecule has 0 saturated carbocycles. The molecule has 5 heteroatoms. The highest BCUT2D eigenvalue weighted by atomic mass is 32.2. The number of nitrogens with zero attached hydrogens (tertiary/aromatic N) is 1. The smallest absolute Gasteiger partial charge is 0.0916 e. The first kappa shape index (κ1) is 22.9. The lowest BCUT2D eigenvalue weighted by Crippen LogP contribution is -2.45. The standard InChI is InChI=1S/C17H36N.CH4O3S/c1-3-5-6-7-8-9-10-11-12-15-18(4-2)16-13-14-17-18;1-5(2,3)4/h3-17H2,1-2H3;1H3,(H,2,3,4)/q+1;/p-1. The van der Waals surface area contributed by atoms with Crippen molar-refractivity contribution in [2.75, 3.05) is 32.4 Å². The Balaban J connectivity index is 0.000000841. The maximum atomic E-state index is 9.08. The van der Waals surface area contributed by atoms with Crippen molar-refractivity contribution in [2.24, 2.45) is 0 Å². The second-order valence-electron chi connectivity index (χ2n) is 7.07. The van der Waals surface area contributed by atoms with Crippen LogP contribution in [0.4, 0.5) is 0 Å². The number of likely N-dealkylation sites (tertiary alicyclic amines) is 1. The van der Waals surface area contributed by atoms with Gasteiger partial charge in [-0.2, -0.15) is 0 Å². The summed E-state index contributed by atoms with van der Waals surface area (Å²) in [6, 6.07) is 0. The summed E-state index contributed by atoms with van der Waals surface area (Å²) < 4.78 is 28.7. The second-order valence-corrected chi connectivity index (χ2v) is 8.48. The average Bonchev–Trinajstić information content (AvgIpc) is 2.93. The predicted octanol–water partition coefficient (Wildman–Crippen LogP) is 4.31. The summed E-state index contributed by atoms with van der Waals surface area (Å²) in [5, 5.41) is 0. The van der Waals surface area contributed by atoms with E-state index in [1.54, 1.807) is 0 Å². The van der Waals surface area contributed by atoms with Crippen LogP contribution in [0.5, 0.6) is 0 Å². The van der Waals surface area contributed by atoms with Gasteiger partial charge in [0, 0.05) is 19.1 Å². The van der Waals surface area contributed by atoms with Gasteiger partial charge in [0.15, 0.2) is 0 Å². The highest BCUT2D eigenvalue weighted by molar-refractivity contribution is 7.84. The van der Waals surface area contributed by atoms with E-state index in [4.69, 9.17) is 13.0 Å². The third kappa shape index (κ3) is 15.2. The minimum Gasteiger partial charge on any atom is -0.748 e. The van der Waals surface area contributed by atoms with Crippen molar-refractivity contribution in [1.29, 1.82) is 0 Å². The Bertz CT molecular complexity index is 354. The van der Waals surface area contributed by atoms with Gasteiger partial charge >= 0.3 is 0 Å². The number of rotatable bonds is 11. The van der Waals surface area contributed by atoms with Crippen molar-refractivity contribution in [3.05, 3.63) is 0 Å². The Morgan fingerprint density at radius 3 is 1.61 bits per heavy atom. The van der Waals surface area contributed by atoms with Crippen LogP contribution in [-0.2, 0) is 10.1 Å². The number of hydrogen-bond donors (Lipinski definition) is 0. The van der Waals surface area contributed by atoms with Gasteiger partial charge < -0.3 is 9.04 Å². The van der Waals surface area contributed by atoms with Gasteiger partial charge in [0.2, 0.25) is 0 Å². The molecule has 0 aromatic rings. The van der Waals surface area contributed by atoms with E-state index in [-0.39, 0.29) is 0 Å². The molecule has 1 fully saturated rings. The number of hydrogen-bond acceptors (Lipinski definition) is 3. The minimum absolute atomic E-state index is 0.604. The van der Waals surface area contributed by atoms with Crippen molar-refractivity contribution in [3.8, 4) is 0 Å². The average molecular weight is 350 g/mol. The highest BCUT2D eigenvalue weighted by Crippen LogP contribution is 2.20. The van der Waals surface area contributed by atoms with Crippen LogP contribution in [0, 0.1) is 0 Å². The molecule has 1 aliphatic heterocycles. The molecule has 0 atom stereocenters. The number of unbranched alkanes of at least 4 members (excludes halogenated alkanes) is 8. The molecular formula is C18H39NO3S. The normalized spacial score (nSPS) is 16.9.